The molecule has 0 heterocycles. The van der Waals surface area contributed by atoms with Gasteiger partial charge in [0.25, 0.3) is 0 Å². The molecule has 0 aromatic heterocycles. The average Bonchev–Trinajstić information content (AvgIpc) is 1.78. The van der Waals surface area contributed by atoms with Gasteiger partial charge in [0.15, 0.2) is 0 Å². The quantitative estimate of drug-likeness (QED) is 0.481. The summed E-state index contributed by atoms with van der Waals surface area (Å²) in [6.07, 6.45) is 4.45. The highest BCUT2D eigenvalue weighted by atomic mass is 14.5. The zero-order valence-electron chi connectivity index (χ0n) is 7.28. The van der Waals surface area contributed by atoms with E-state index in [1.165, 1.54) is 19.3 Å². The molecule has 0 aromatic carbocycles. The van der Waals surface area contributed by atoms with Gasteiger partial charge in [0.1, 0.15) is 0 Å². The van der Waals surface area contributed by atoms with E-state index >= 15 is 0 Å². The lowest BCUT2D eigenvalue weighted by Crippen LogP contribution is -2.47. The van der Waals surface area contributed by atoms with Crippen LogP contribution >= 0.6 is 0 Å². The average molecular weight is 137 g/mol. The van der Waals surface area contributed by atoms with E-state index in [-0.39, 0.29) is 0 Å². The molecule has 1 radical (unpaired) electrons. The minimum atomic E-state index is 0.669. The maximum atomic E-state index is 2.44. The zero-order valence-corrected chi connectivity index (χ0v) is 7.28. The van der Waals surface area contributed by atoms with Gasteiger partial charge in [-0.05, 0) is 42.4 Å². The normalized spacial score (nSPS) is 54.3. The molecule has 10 heavy (non-hydrogen) atoms. The molecule has 3 aliphatic rings. The van der Waals surface area contributed by atoms with Gasteiger partial charge in [-0.2, -0.15) is 0 Å². The Labute approximate surface area is 64.0 Å². The van der Waals surface area contributed by atoms with E-state index in [1.807, 2.05) is 0 Å². The van der Waals surface area contributed by atoms with Gasteiger partial charge in [0, 0.05) is 0 Å². The third kappa shape index (κ3) is 0.681. The van der Waals surface area contributed by atoms with Crippen molar-refractivity contribution < 1.29 is 0 Å². The van der Waals surface area contributed by atoms with Gasteiger partial charge in [0.05, 0.1) is 0 Å². The molecule has 3 rings (SSSR count). The standard InChI is InChI=1S/C10H17/c1-7-4-9-5-10(3,6-9)8(7)2/h7,9H,4-6H2,1-3H3. The molecule has 0 N–H and O–H groups in total. The molecule has 3 fully saturated rings. The van der Waals surface area contributed by atoms with E-state index in [1.54, 1.807) is 5.92 Å². The molecule has 0 saturated heterocycles. The summed E-state index contributed by atoms with van der Waals surface area (Å²) in [5.41, 5.74) is 0.669. The summed E-state index contributed by atoms with van der Waals surface area (Å²) in [4.78, 5) is 0. The third-order valence-corrected chi connectivity index (χ3v) is 3.86. The molecule has 2 bridgehead atoms. The topological polar surface area (TPSA) is 0 Å². The van der Waals surface area contributed by atoms with Gasteiger partial charge < -0.3 is 0 Å². The van der Waals surface area contributed by atoms with Crippen molar-refractivity contribution >= 4 is 0 Å². The Morgan fingerprint density at radius 1 is 1.40 bits per heavy atom. The van der Waals surface area contributed by atoms with Crippen LogP contribution in [0.1, 0.15) is 40.0 Å². The Kier molecular flexibility index (Phi) is 1.19. The van der Waals surface area contributed by atoms with Crippen molar-refractivity contribution in [2.75, 3.05) is 0 Å². The summed E-state index contributed by atoms with van der Waals surface area (Å²) in [5.74, 6) is 3.77. The smallest absolute Gasteiger partial charge is 0.0184 e. The fraction of sp³-hybridized carbons (Fsp3) is 0.900. The van der Waals surface area contributed by atoms with Crippen molar-refractivity contribution in [1.82, 2.24) is 0 Å². The highest BCUT2D eigenvalue weighted by Crippen LogP contribution is 2.61. The van der Waals surface area contributed by atoms with Crippen LogP contribution < -0.4 is 0 Å². The third-order valence-electron chi connectivity index (χ3n) is 3.86. The summed E-state index contributed by atoms with van der Waals surface area (Å²) in [5, 5.41) is 0. The lowest BCUT2D eigenvalue weighted by Gasteiger charge is -2.57. The van der Waals surface area contributed by atoms with Crippen LogP contribution in [-0.2, 0) is 0 Å². The first-order valence-corrected chi connectivity index (χ1v) is 4.46. The SMILES string of the molecule is C[C]1C(C)CC2CC1(C)C2. The van der Waals surface area contributed by atoms with Gasteiger partial charge in [-0.25, -0.2) is 0 Å². The molecular weight excluding hydrogens is 120 g/mol. The summed E-state index contributed by atoms with van der Waals surface area (Å²) < 4.78 is 0. The highest BCUT2D eigenvalue weighted by molar-refractivity contribution is 5.16. The monoisotopic (exact) mass is 137 g/mol. The Bertz CT molecular complexity index is 139. The molecule has 3 saturated carbocycles. The molecule has 1 atom stereocenters. The molecule has 1 unspecified atom stereocenters. The van der Waals surface area contributed by atoms with Gasteiger partial charge in [-0.1, -0.05) is 20.8 Å². The highest BCUT2D eigenvalue weighted by Gasteiger charge is 2.50. The number of hydrogen-bond acceptors (Lipinski definition) is 0. The van der Waals surface area contributed by atoms with Crippen LogP contribution in [0.2, 0.25) is 0 Å². The largest absolute Gasteiger partial charge is 0.0619 e. The van der Waals surface area contributed by atoms with E-state index < -0.39 is 0 Å². The fourth-order valence-electron chi connectivity index (χ4n) is 2.97. The van der Waals surface area contributed by atoms with E-state index in [0.29, 0.717) is 5.41 Å². The van der Waals surface area contributed by atoms with Crippen LogP contribution in [0.25, 0.3) is 0 Å². The maximum absolute atomic E-state index is 2.44. The van der Waals surface area contributed by atoms with Crippen LogP contribution in [0.4, 0.5) is 0 Å². The molecule has 0 heteroatoms. The summed E-state index contributed by atoms with van der Waals surface area (Å²) >= 11 is 0. The van der Waals surface area contributed by atoms with Gasteiger partial charge in [0.2, 0.25) is 0 Å². The zero-order chi connectivity index (χ0) is 7.35. The maximum Gasteiger partial charge on any atom is -0.0184 e. The predicted octanol–water partition coefficient (Wildman–Crippen LogP) is 3.04. The Morgan fingerprint density at radius 3 is 2.40 bits per heavy atom. The molecule has 3 aliphatic carbocycles. The molecule has 57 valence electrons. The van der Waals surface area contributed by atoms with Crippen molar-refractivity contribution in [3.8, 4) is 0 Å². The second kappa shape index (κ2) is 1.78. The second-order valence-corrected chi connectivity index (χ2v) is 4.65. The summed E-state index contributed by atoms with van der Waals surface area (Å²) in [7, 11) is 0. The molecular formula is C10H17. The fourth-order valence-corrected chi connectivity index (χ4v) is 2.97. The van der Waals surface area contributed by atoms with Crippen LogP contribution in [-0.4, -0.2) is 0 Å². The lowest BCUT2D eigenvalue weighted by atomic mass is 9.48. The van der Waals surface area contributed by atoms with Crippen molar-refractivity contribution in [3.05, 3.63) is 5.92 Å². The summed E-state index contributed by atoms with van der Waals surface area (Å²) in [6.45, 7) is 7.19. The minimum Gasteiger partial charge on any atom is -0.0619 e. The van der Waals surface area contributed by atoms with Gasteiger partial charge in [-0.15, -0.1) is 0 Å². The Morgan fingerprint density at radius 2 is 2.00 bits per heavy atom. The van der Waals surface area contributed by atoms with E-state index in [0.717, 1.165) is 11.8 Å². The van der Waals surface area contributed by atoms with E-state index in [4.69, 9.17) is 0 Å². The van der Waals surface area contributed by atoms with Crippen molar-refractivity contribution in [2.45, 2.75) is 40.0 Å². The van der Waals surface area contributed by atoms with Crippen molar-refractivity contribution in [2.24, 2.45) is 17.3 Å². The van der Waals surface area contributed by atoms with Crippen molar-refractivity contribution in [3.63, 3.8) is 0 Å². The first-order valence-electron chi connectivity index (χ1n) is 4.46. The van der Waals surface area contributed by atoms with Crippen LogP contribution in [0, 0.1) is 23.2 Å². The first-order chi connectivity index (χ1) is 4.62. The predicted molar refractivity (Wildman–Crippen MR) is 43.5 cm³/mol. The molecule has 0 nitrogen and oxygen atoms in total. The van der Waals surface area contributed by atoms with E-state index in [9.17, 15) is 0 Å². The number of hydrogen-bond donors (Lipinski definition) is 0. The van der Waals surface area contributed by atoms with E-state index in [2.05, 4.69) is 20.8 Å². The Hall–Kier alpha value is 0. The molecule has 0 aliphatic heterocycles. The first kappa shape index (κ1) is 6.69. The molecule has 0 spiro atoms. The number of rotatable bonds is 0. The summed E-state index contributed by atoms with van der Waals surface area (Å²) in [6, 6.07) is 0. The Balaban J connectivity index is 2.14. The van der Waals surface area contributed by atoms with Gasteiger partial charge >= 0.3 is 0 Å². The van der Waals surface area contributed by atoms with Gasteiger partial charge in [-0.3, -0.25) is 0 Å². The minimum absolute atomic E-state index is 0.669. The number of fused-ring (bicyclic) bond motifs is 2. The molecule has 0 amide bonds. The second-order valence-electron chi connectivity index (χ2n) is 4.65. The molecule has 0 aromatic rings. The van der Waals surface area contributed by atoms with Crippen LogP contribution in [0.5, 0.6) is 0 Å². The van der Waals surface area contributed by atoms with Crippen molar-refractivity contribution in [1.29, 1.82) is 0 Å². The lowest BCUT2D eigenvalue weighted by molar-refractivity contribution is 0.0125. The van der Waals surface area contributed by atoms with Crippen LogP contribution in [0.3, 0.4) is 0 Å². The van der Waals surface area contributed by atoms with Crippen LogP contribution in [0.15, 0.2) is 0 Å².